The summed E-state index contributed by atoms with van der Waals surface area (Å²) in [4.78, 5) is 2.18. The van der Waals surface area contributed by atoms with Crippen LogP contribution in [0.15, 0.2) is 18.2 Å². The number of nitrogens with one attached hydrogen (secondary N) is 1. The zero-order valence-corrected chi connectivity index (χ0v) is 14.5. The molecule has 0 aliphatic carbocycles. The summed E-state index contributed by atoms with van der Waals surface area (Å²) in [5, 5.41) is 3.27. The number of nitrogens with zero attached hydrogens (tertiary/aromatic N) is 1. The third kappa shape index (κ3) is 4.86. The third-order valence-electron chi connectivity index (χ3n) is 4.60. The smallest absolute Gasteiger partial charge is 0.416 e. The fourth-order valence-corrected chi connectivity index (χ4v) is 3.31. The second-order valence-electron chi connectivity index (χ2n) is 6.25. The van der Waals surface area contributed by atoms with E-state index in [0.29, 0.717) is 5.56 Å². The molecular weight excluding hydrogens is 317 g/mol. The molecule has 0 radical (unpaired) electrons. The largest absolute Gasteiger partial charge is 0.497 e. The molecule has 2 rings (SSSR count). The molecule has 0 aromatic heterocycles. The molecule has 136 valence electrons. The van der Waals surface area contributed by atoms with Crippen LogP contribution in [0.3, 0.4) is 0 Å². The number of methoxy groups -OCH3 is 1. The summed E-state index contributed by atoms with van der Waals surface area (Å²) in [5.74, 6) is 0.249. The molecule has 0 amide bonds. The predicted molar refractivity (Wildman–Crippen MR) is 89.3 cm³/mol. The molecule has 1 heterocycles. The molecule has 3 nitrogen and oxygen atoms in total. The first-order chi connectivity index (χ1) is 11.5. The van der Waals surface area contributed by atoms with Crippen molar-refractivity contribution >= 4 is 0 Å². The van der Waals surface area contributed by atoms with Gasteiger partial charge in [0.15, 0.2) is 0 Å². The molecule has 6 heteroatoms. The van der Waals surface area contributed by atoms with Crippen molar-refractivity contribution in [3.05, 3.63) is 29.3 Å². The molecule has 1 fully saturated rings. The van der Waals surface area contributed by atoms with Gasteiger partial charge < -0.3 is 10.1 Å². The van der Waals surface area contributed by atoms with E-state index in [1.165, 1.54) is 7.11 Å². The average Bonchev–Trinajstić information content (AvgIpc) is 2.58. The molecule has 1 atom stereocenters. The van der Waals surface area contributed by atoms with Crippen molar-refractivity contribution < 1.29 is 17.9 Å². The molecule has 24 heavy (non-hydrogen) atoms. The standard InChI is InChI=1S/C18H27F3N2O/c1-3-4-5-6-17(23-11-9-22-10-12-23)15-8-7-14(24-2)13-16(15)18(19,20)21/h7-8,13,17,22H,3-6,9-12H2,1-2H3/t17-/m0/s1. The number of ether oxygens (including phenoxy) is 1. The lowest BCUT2D eigenvalue weighted by atomic mass is 9.93. The van der Waals surface area contributed by atoms with Crippen molar-refractivity contribution in [1.29, 1.82) is 0 Å². The minimum Gasteiger partial charge on any atom is -0.497 e. The van der Waals surface area contributed by atoms with Gasteiger partial charge in [-0.3, -0.25) is 4.90 Å². The summed E-state index contributed by atoms with van der Waals surface area (Å²) in [6.07, 6.45) is -0.582. The predicted octanol–water partition coefficient (Wildman–Crippen LogP) is 4.24. The first-order valence-electron chi connectivity index (χ1n) is 8.67. The SMILES string of the molecule is CCCCC[C@@H](c1ccc(OC)cc1C(F)(F)F)N1CCNCC1. The second kappa shape index (κ2) is 8.72. The Kier molecular flexibility index (Phi) is 6.92. The molecule has 0 unspecified atom stereocenters. The van der Waals surface area contributed by atoms with Crippen LogP contribution in [0.5, 0.6) is 5.75 Å². The highest BCUT2D eigenvalue weighted by molar-refractivity contribution is 5.39. The number of hydrogen-bond donors (Lipinski definition) is 1. The van der Waals surface area contributed by atoms with E-state index in [1.807, 2.05) is 0 Å². The van der Waals surface area contributed by atoms with Crippen LogP contribution in [0.2, 0.25) is 0 Å². The van der Waals surface area contributed by atoms with Gasteiger partial charge in [-0.1, -0.05) is 32.3 Å². The Morgan fingerprint density at radius 3 is 2.50 bits per heavy atom. The van der Waals surface area contributed by atoms with E-state index in [-0.39, 0.29) is 11.8 Å². The Hall–Kier alpha value is -1.27. The van der Waals surface area contributed by atoms with E-state index in [4.69, 9.17) is 4.74 Å². The molecule has 1 N–H and O–H groups in total. The summed E-state index contributed by atoms with van der Waals surface area (Å²) < 4.78 is 45.8. The summed E-state index contributed by atoms with van der Waals surface area (Å²) in [5.41, 5.74) is -0.191. The van der Waals surface area contributed by atoms with Crippen molar-refractivity contribution in [3.8, 4) is 5.75 Å². The lowest BCUT2D eigenvalue weighted by Crippen LogP contribution is -2.45. The molecule has 0 saturated carbocycles. The number of unbranched alkanes of at least 4 members (excludes halogenated alkanes) is 2. The van der Waals surface area contributed by atoms with Gasteiger partial charge in [-0.05, 0) is 24.1 Å². The van der Waals surface area contributed by atoms with Crippen LogP contribution in [0.25, 0.3) is 0 Å². The number of benzene rings is 1. The molecule has 0 spiro atoms. The van der Waals surface area contributed by atoms with Gasteiger partial charge in [-0.15, -0.1) is 0 Å². The van der Waals surface area contributed by atoms with Crippen molar-refractivity contribution in [3.63, 3.8) is 0 Å². The Bertz CT molecular complexity index is 513. The van der Waals surface area contributed by atoms with E-state index in [2.05, 4.69) is 17.1 Å². The normalized spacial score (nSPS) is 17.7. The Balaban J connectivity index is 2.36. The molecule has 1 saturated heterocycles. The molecular formula is C18H27F3N2O. The first kappa shape index (κ1) is 19.1. The van der Waals surface area contributed by atoms with Gasteiger partial charge in [0.25, 0.3) is 0 Å². The highest BCUT2D eigenvalue weighted by atomic mass is 19.4. The number of halogens is 3. The van der Waals surface area contributed by atoms with Crippen LogP contribution >= 0.6 is 0 Å². The van der Waals surface area contributed by atoms with Crippen LogP contribution in [0.1, 0.15) is 49.8 Å². The fourth-order valence-electron chi connectivity index (χ4n) is 3.31. The number of hydrogen-bond acceptors (Lipinski definition) is 3. The zero-order chi connectivity index (χ0) is 17.6. The Morgan fingerprint density at radius 1 is 1.21 bits per heavy atom. The lowest BCUT2D eigenvalue weighted by Gasteiger charge is -2.36. The van der Waals surface area contributed by atoms with Gasteiger partial charge >= 0.3 is 6.18 Å². The summed E-state index contributed by atoms with van der Waals surface area (Å²) in [6.45, 7) is 5.30. The molecule has 1 aromatic carbocycles. The molecule has 1 aromatic rings. The van der Waals surface area contributed by atoms with Crippen molar-refractivity contribution in [2.45, 2.75) is 44.8 Å². The monoisotopic (exact) mass is 344 g/mol. The average molecular weight is 344 g/mol. The van der Waals surface area contributed by atoms with E-state index in [0.717, 1.165) is 57.9 Å². The Labute approximate surface area is 142 Å². The van der Waals surface area contributed by atoms with E-state index in [9.17, 15) is 13.2 Å². The number of alkyl halides is 3. The van der Waals surface area contributed by atoms with Crippen LogP contribution < -0.4 is 10.1 Å². The van der Waals surface area contributed by atoms with Crippen LogP contribution in [-0.2, 0) is 6.18 Å². The maximum Gasteiger partial charge on any atom is 0.416 e. The summed E-state index contributed by atoms with van der Waals surface area (Å²) in [7, 11) is 1.39. The molecule has 0 bridgehead atoms. The van der Waals surface area contributed by atoms with Crippen LogP contribution in [-0.4, -0.2) is 38.2 Å². The maximum atomic E-state index is 13.6. The number of rotatable bonds is 7. The Morgan fingerprint density at radius 2 is 1.92 bits per heavy atom. The number of piperazine rings is 1. The van der Waals surface area contributed by atoms with Gasteiger partial charge in [-0.2, -0.15) is 13.2 Å². The van der Waals surface area contributed by atoms with Crippen LogP contribution in [0.4, 0.5) is 13.2 Å². The zero-order valence-electron chi connectivity index (χ0n) is 14.5. The van der Waals surface area contributed by atoms with Gasteiger partial charge in [0.1, 0.15) is 5.75 Å². The topological polar surface area (TPSA) is 24.5 Å². The van der Waals surface area contributed by atoms with Crippen molar-refractivity contribution in [2.24, 2.45) is 0 Å². The van der Waals surface area contributed by atoms with E-state index in [1.54, 1.807) is 12.1 Å². The van der Waals surface area contributed by atoms with Crippen LogP contribution in [0, 0.1) is 0 Å². The van der Waals surface area contributed by atoms with Gasteiger partial charge in [0.05, 0.1) is 12.7 Å². The van der Waals surface area contributed by atoms with Gasteiger partial charge in [-0.25, -0.2) is 0 Å². The minimum atomic E-state index is -4.37. The van der Waals surface area contributed by atoms with Gasteiger partial charge in [0.2, 0.25) is 0 Å². The highest BCUT2D eigenvalue weighted by Crippen LogP contribution is 2.40. The fraction of sp³-hybridized carbons (Fsp3) is 0.667. The van der Waals surface area contributed by atoms with Crippen molar-refractivity contribution in [1.82, 2.24) is 10.2 Å². The van der Waals surface area contributed by atoms with E-state index < -0.39 is 11.7 Å². The quantitative estimate of drug-likeness (QED) is 0.749. The summed E-state index contributed by atoms with van der Waals surface area (Å²) >= 11 is 0. The lowest BCUT2D eigenvalue weighted by molar-refractivity contribution is -0.139. The molecule has 1 aliphatic heterocycles. The third-order valence-corrected chi connectivity index (χ3v) is 4.60. The first-order valence-corrected chi connectivity index (χ1v) is 8.67. The van der Waals surface area contributed by atoms with Gasteiger partial charge in [0, 0.05) is 32.2 Å². The summed E-state index contributed by atoms with van der Waals surface area (Å²) in [6, 6.07) is 4.17. The van der Waals surface area contributed by atoms with E-state index >= 15 is 0 Å². The minimum absolute atomic E-state index is 0.193. The maximum absolute atomic E-state index is 13.6. The highest BCUT2D eigenvalue weighted by Gasteiger charge is 2.37. The second-order valence-corrected chi connectivity index (χ2v) is 6.25. The van der Waals surface area contributed by atoms with Crippen molar-refractivity contribution in [2.75, 3.05) is 33.3 Å². The molecule has 1 aliphatic rings.